The number of pyridine rings is 1. The number of hydrogen-bond acceptors (Lipinski definition) is 7. The van der Waals surface area contributed by atoms with Gasteiger partial charge in [-0.1, -0.05) is 6.92 Å². The van der Waals surface area contributed by atoms with E-state index in [1.807, 2.05) is 11.8 Å². The molecule has 2 aromatic heterocycles. The third kappa shape index (κ3) is 6.52. The third-order valence-electron chi connectivity index (χ3n) is 7.08. The lowest BCUT2D eigenvalue weighted by atomic mass is 10.0. The van der Waals surface area contributed by atoms with Gasteiger partial charge in [-0.3, -0.25) is 18.7 Å². The molecule has 39 heavy (non-hydrogen) atoms. The zero-order valence-electron chi connectivity index (χ0n) is 21.9. The van der Waals surface area contributed by atoms with Crippen LogP contribution in [0.25, 0.3) is 22.4 Å². The number of aliphatic carboxylic acids is 1. The predicted molar refractivity (Wildman–Crippen MR) is 143 cm³/mol. The van der Waals surface area contributed by atoms with Crippen LogP contribution in [-0.4, -0.2) is 72.7 Å². The average molecular weight is 560 g/mol. The fraction of sp³-hybridized carbons (Fsp3) is 0.444. The van der Waals surface area contributed by atoms with E-state index in [0.717, 1.165) is 18.5 Å². The molecule has 12 heteroatoms. The van der Waals surface area contributed by atoms with E-state index in [0.29, 0.717) is 48.9 Å². The first-order valence-corrected chi connectivity index (χ1v) is 14.0. The van der Waals surface area contributed by atoms with Crippen molar-refractivity contribution in [2.75, 3.05) is 26.7 Å². The molecule has 2 atom stereocenters. The number of furan rings is 1. The van der Waals surface area contributed by atoms with Crippen molar-refractivity contribution in [2.24, 2.45) is 0 Å². The second-order valence-corrected chi connectivity index (χ2v) is 10.5. The van der Waals surface area contributed by atoms with Gasteiger partial charge in [0.1, 0.15) is 17.6 Å². The Balaban J connectivity index is 1.56. The highest BCUT2D eigenvalue weighted by Crippen LogP contribution is 2.34. The third-order valence-corrected chi connectivity index (χ3v) is 7.81. The van der Waals surface area contributed by atoms with E-state index in [1.54, 1.807) is 6.07 Å². The predicted octanol–water partition coefficient (Wildman–Crippen LogP) is 3.48. The standard InChI is InChI=1S/C27H33FN4O6S/c1-3-17-15-20-23(25(33)29-2)24(18-8-10-19(28)11-9-18)38-26(20)30-21(17)16-32(39(36)37)14-5-4-12-31-13-6-7-22(31)27(34)35/h8-11,15,22H,3-7,12-14,16H2,1-2H3,(H,29,33)(H,34,35)(H,36,37)/p-1. The summed E-state index contributed by atoms with van der Waals surface area (Å²) in [6.07, 6.45) is 3.26. The van der Waals surface area contributed by atoms with Gasteiger partial charge in [-0.05, 0) is 81.1 Å². The Bertz CT molecular complexity index is 1360. The van der Waals surface area contributed by atoms with Crippen molar-refractivity contribution >= 4 is 34.2 Å². The summed E-state index contributed by atoms with van der Waals surface area (Å²) < 4.78 is 44.9. The number of benzene rings is 1. The van der Waals surface area contributed by atoms with Crippen LogP contribution in [0.2, 0.25) is 0 Å². The summed E-state index contributed by atoms with van der Waals surface area (Å²) in [5, 5.41) is 12.4. The molecule has 2 unspecified atom stereocenters. The molecule has 1 amide bonds. The van der Waals surface area contributed by atoms with Gasteiger partial charge in [0.05, 0.1) is 23.2 Å². The lowest BCUT2D eigenvalue weighted by molar-refractivity contribution is -0.142. The van der Waals surface area contributed by atoms with Gasteiger partial charge in [0.15, 0.2) is 0 Å². The molecule has 10 nitrogen and oxygen atoms in total. The SMILES string of the molecule is CCc1cc2c(C(=O)NC)c(-c3ccc(F)cc3)oc2nc1CN(CCCCN1CCCC1C(=O)O)S(=O)[O-]. The maximum Gasteiger partial charge on any atom is 0.320 e. The van der Waals surface area contributed by atoms with Crippen molar-refractivity contribution in [1.82, 2.24) is 19.5 Å². The molecule has 0 spiro atoms. The lowest BCUT2D eigenvalue weighted by Gasteiger charge is -2.25. The normalized spacial score (nSPS) is 16.7. The van der Waals surface area contributed by atoms with E-state index in [9.17, 15) is 27.8 Å². The van der Waals surface area contributed by atoms with Gasteiger partial charge in [0.25, 0.3) is 5.91 Å². The smallest absolute Gasteiger partial charge is 0.320 e. The van der Waals surface area contributed by atoms with Crippen molar-refractivity contribution in [3.8, 4) is 11.3 Å². The molecule has 0 aliphatic carbocycles. The molecule has 3 heterocycles. The van der Waals surface area contributed by atoms with E-state index in [1.165, 1.54) is 35.6 Å². The molecule has 1 saturated heterocycles. The van der Waals surface area contributed by atoms with Gasteiger partial charge in [-0.25, -0.2) is 13.7 Å². The number of carboxylic acids is 1. The minimum atomic E-state index is -2.50. The van der Waals surface area contributed by atoms with Crippen molar-refractivity contribution < 1.29 is 32.3 Å². The lowest BCUT2D eigenvalue weighted by Crippen LogP contribution is -2.36. The molecule has 1 fully saturated rings. The summed E-state index contributed by atoms with van der Waals surface area (Å²) in [5.41, 5.74) is 2.26. The van der Waals surface area contributed by atoms with Crippen molar-refractivity contribution in [2.45, 2.75) is 51.6 Å². The average Bonchev–Trinajstić information content (AvgIpc) is 3.54. The number of amides is 1. The van der Waals surface area contributed by atoms with Crippen LogP contribution in [0.5, 0.6) is 0 Å². The number of fused-ring (bicyclic) bond motifs is 1. The quantitative estimate of drug-likeness (QED) is 0.254. The van der Waals surface area contributed by atoms with Crippen molar-refractivity contribution in [3.05, 3.63) is 53.0 Å². The van der Waals surface area contributed by atoms with Gasteiger partial charge in [-0.15, -0.1) is 0 Å². The van der Waals surface area contributed by atoms with E-state index in [-0.39, 0.29) is 36.0 Å². The summed E-state index contributed by atoms with van der Waals surface area (Å²) in [7, 11) is 1.51. The Morgan fingerprint density at radius 2 is 2.05 bits per heavy atom. The topological polar surface area (TPSA) is 139 Å². The van der Waals surface area contributed by atoms with Crippen LogP contribution in [0.3, 0.4) is 0 Å². The number of likely N-dealkylation sites (tertiary alicyclic amines) is 1. The highest BCUT2D eigenvalue weighted by Gasteiger charge is 2.30. The first-order valence-electron chi connectivity index (χ1n) is 13.0. The highest BCUT2D eigenvalue weighted by molar-refractivity contribution is 7.76. The van der Waals surface area contributed by atoms with E-state index < -0.39 is 29.1 Å². The molecule has 1 aliphatic heterocycles. The largest absolute Gasteiger partial charge is 0.760 e. The van der Waals surface area contributed by atoms with Crippen LogP contribution >= 0.6 is 0 Å². The minimum Gasteiger partial charge on any atom is -0.760 e. The van der Waals surface area contributed by atoms with Gasteiger partial charge in [0, 0.05) is 30.4 Å². The molecule has 1 aliphatic rings. The number of rotatable bonds is 12. The van der Waals surface area contributed by atoms with Gasteiger partial charge >= 0.3 is 5.97 Å². The van der Waals surface area contributed by atoms with Crippen LogP contribution in [0.1, 0.15) is 54.2 Å². The molecular formula is C27H32FN4O6S-. The van der Waals surface area contributed by atoms with Crippen LogP contribution in [0, 0.1) is 5.82 Å². The number of nitrogens with one attached hydrogen (secondary N) is 1. The van der Waals surface area contributed by atoms with Crippen LogP contribution in [0.4, 0.5) is 4.39 Å². The summed E-state index contributed by atoms with van der Waals surface area (Å²) >= 11 is -2.50. The monoisotopic (exact) mass is 559 g/mol. The number of carbonyl (C=O) groups is 2. The first-order chi connectivity index (χ1) is 18.7. The number of unbranched alkanes of at least 4 members (excludes halogenated alkanes) is 1. The summed E-state index contributed by atoms with van der Waals surface area (Å²) in [6, 6.07) is 6.92. The Morgan fingerprint density at radius 3 is 2.69 bits per heavy atom. The molecular weight excluding hydrogens is 527 g/mol. The molecule has 210 valence electrons. The van der Waals surface area contributed by atoms with Crippen LogP contribution in [0.15, 0.2) is 34.7 Å². The van der Waals surface area contributed by atoms with E-state index in [2.05, 4.69) is 10.3 Å². The van der Waals surface area contributed by atoms with Crippen LogP contribution < -0.4 is 5.32 Å². The van der Waals surface area contributed by atoms with Gasteiger partial charge in [0.2, 0.25) is 5.71 Å². The molecule has 1 aromatic carbocycles. The van der Waals surface area contributed by atoms with Crippen LogP contribution in [-0.2, 0) is 29.0 Å². The van der Waals surface area contributed by atoms with E-state index >= 15 is 0 Å². The zero-order chi connectivity index (χ0) is 28.1. The first kappa shape index (κ1) is 28.8. The number of carbonyl (C=O) groups excluding carboxylic acids is 1. The fourth-order valence-electron chi connectivity index (χ4n) is 5.05. The maximum absolute atomic E-state index is 13.5. The highest BCUT2D eigenvalue weighted by atomic mass is 32.2. The fourth-order valence-corrected chi connectivity index (χ4v) is 5.55. The molecule has 0 saturated carbocycles. The number of aromatic nitrogens is 1. The Kier molecular flexibility index (Phi) is 9.44. The molecule has 0 bridgehead atoms. The molecule has 3 aromatic rings. The second-order valence-electron chi connectivity index (χ2n) is 9.51. The van der Waals surface area contributed by atoms with Gasteiger partial charge in [-0.2, -0.15) is 0 Å². The second kappa shape index (κ2) is 12.8. The Morgan fingerprint density at radius 1 is 1.31 bits per heavy atom. The molecule has 0 radical (unpaired) electrons. The molecule has 4 rings (SSSR count). The number of halogens is 1. The number of carboxylic acid groups (broad SMARTS) is 1. The maximum atomic E-state index is 13.5. The molecule has 2 N–H and O–H groups in total. The van der Waals surface area contributed by atoms with E-state index in [4.69, 9.17) is 4.42 Å². The minimum absolute atomic E-state index is 0.0264. The summed E-state index contributed by atoms with van der Waals surface area (Å²) in [6.45, 7) is 3.53. The van der Waals surface area contributed by atoms with Crippen molar-refractivity contribution in [1.29, 1.82) is 0 Å². The number of nitrogens with zero attached hydrogens (tertiary/aromatic N) is 3. The van der Waals surface area contributed by atoms with Gasteiger partial charge < -0.3 is 19.4 Å². The Hall–Kier alpha value is -3.19. The Labute approximate surface area is 228 Å². The summed E-state index contributed by atoms with van der Waals surface area (Å²) in [5.74, 6) is -1.36. The van der Waals surface area contributed by atoms with Crippen molar-refractivity contribution in [3.63, 3.8) is 0 Å². The number of aryl methyl sites for hydroxylation is 1. The number of hydrogen-bond donors (Lipinski definition) is 2. The zero-order valence-corrected chi connectivity index (χ0v) is 22.8. The summed E-state index contributed by atoms with van der Waals surface area (Å²) in [4.78, 5) is 30.7.